The minimum Gasteiger partial charge on any atom is -0.494 e. The molecule has 0 unspecified atom stereocenters. The third-order valence-corrected chi connectivity index (χ3v) is 4.55. The molecule has 0 saturated carbocycles. The van der Waals surface area contributed by atoms with Crippen LogP contribution in [0.3, 0.4) is 0 Å². The van der Waals surface area contributed by atoms with Crippen LogP contribution >= 0.6 is 11.6 Å². The van der Waals surface area contributed by atoms with Crippen LogP contribution in [0, 0.1) is 11.3 Å². The van der Waals surface area contributed by atoms with Crippen molar-refractivity contribution in [2.75, 3.05) is 11.9 Å². The van der Waals surface area contributed by atoms with Crippen molar-refractivity contribution in [1.29, 1.82) is 5.26 Å². The molecule has 3 aromatic carbocycles. The minimum absolute atomic E-state index is 0.00344. The molecule has 156 valence electrons. The van der Waals surface area contributed by atoms with Gasteiger partial charge >= 0.3 is 0 Å². The van der Waals surface area contributed by atoms with E-state index in [-0.39, 0.29) is 5.57 Å². The average molecular weight is 433 g/mol. The minimum atomic E-state index is -0.477. The van der Waals surface area contributed by atoms with Crippen molar-refractivity contribution < 1.29 is 14.3 Å². The van der Waals surface area contributed by atoms with Crippen LogP contribution in [0.25, 0.3) is 6.08 Å². The number of hydrogen-bond donors (Lipinski definition) is 1. The molecule has 0 aliphatic carbocycles. The monoisotopic (exact) mass is 432 g/mol. The summed E-state index contributed by atoms with van der Waals surface area (Å²) < 4.78 is 11.1. The van der Waals surface area contributed by atoms with Gasteiger partial charge < -0.3 is 14.8 Å². The molecule has 0 saturated heterocycles. The largest absolute Gasteiger partial charge is 0.494 e. The SMILES string of the molecule is CCOc1ccc(NC(=O)/C(C#N)=C\c2ccc(OCc3ccc(Cl)cc3)cc2)cc1. The zero-order valence-corrected chi connectivity index (χ0v) is 17.7. The zero-order valence-electron chi connectivity index (χ0n) is 17.0. The van der Waals surface area contributed by atoms with E-state index in [1.165, 1.54) is 6.08 Å². The molecule has 0 atom stereocenters. The Morgan fingerprint density at radius 3 is 2.19 bits per heavy atom. The summed E-state index contributed by atoms with van der Waals surface area (Å²) in [4.78, 5) is 12.4. The maximum absolute atomic E-state index is 12.4. The van der Waals surface area contributed by atoms with Crippen LogP contribution in [0.15, 0.2) is 78.4 Å². The Balaban J connectivity index is 1.61. The van der Waals surface area contributed by atoms with E-state index in [0.717, 1.165) is 16.9 Å². The van der Waals surface area contributed by atoms with Gasteiger partial charge in [0.15, 0.2) is 0 Å². The number of hydrogen-bond acceptors (Lipinski definition) is 4. The number of halogens is 1. The lowest BCUT2D eigenvalue weighted by Crippen LogP contribution is -2.13. The van der Waals surface area contributed by atoms with Gasteiger partial charge in [-0.25, -0.2) is 0 Å². The third kappa shape index (κ3) is 6.63. The van der Waals surface area contributed by atoms with E-state index in [2.05, 4.69) is 5.32 Å². The molecule has 1 N–H and O–H groups in total. The Hall–Kier alpha value is -3.75. The van der Waals surface area contributed by atoms with Gasteiger partial charge in [0, 0.05) is 10.7 Å². The molecular formula is C25H21ClN2O3. The lowest BCUT2D eigenvalue weighted by atomic mass is 10.1. The molecule has 0 aromatic heterocycles. The molecule has 31 heavy (non-hydrogen) atoms. The first-order valence-corrected chi connectivity index (χ1v) is 10.1. The lowest BCUT2D eigenvalue weighted by molar-refractivity contribution is -0.112. The van der Waals surface area contributed by atoms with Gasteiger partial charge in [-0.1, -0.05) is 35.9 Å². The van der Waals surface area contributed by atoms with E-state index in [4.69, 9.17) is 21.1 Å². The van der Waals surface area contributed by atoms with E-state index in [9.17, 15) is 10.1 Å². The average Bonchev–Trinajstić information content (AvgIpc) is 2.79. The molecule has 0 spiro atoms. The van der Waals surface area contributed by atoms with E-state index in [1.807, 2.05) is 37.3 Å². The summed E-state index contributed by atoms with van der Waals surface area (Å²) in [6, 6.07) is 23.5. The fourth-order valence-corrected chi connectivity index (χ4v) is 2.85. The van der Waals surface area contributed by atoms with E-state index >= 15 is 0 Å². The van der Waals surface area contributed by atoms with Gasteiger partial charge in [0.1, 0.15) is 29.7 Å². The molecule has 6 heteroatoms. The molecule has 0 bridgehead atoms. The van der Waals surface area contributed by atoms with Gasteiger partial charge in [-0.2, -0.15) is 5.26 Å². The second-order valence-electron chi connectivity index (χ2n) is 6.57. The highest BCUT2D eigenvalue weighted by Gasteiger charge is 2.10. The van der Waals surface area contributed by atoms with Crippen molar-refractivity contribution >= 4 is 29.3 Å². The van der Waals surface area contributed by atoms with Crippen LogP contribution in [0.4, 0.5) is 5.69 Å². The third-order valence-electron chi connectivity index (χ3n) is 4.30. The van der Waals surface area contributed by atoms with Gasteiger partial charge in [0.05, 0.1) is 6.61 Å². The number of rotatable bonds is 8. The van der Waals surface area contributed by atoms with Crippen LogP contribution in [-0.2, 0) is 11.4 Å². The first-order valence-electron chi connectivity index (χ1n) is 9.70. The van der Waals surface area contributed by atoms with Crippen molar-refractivity contribution in [3.05, 3.63) is 94.5 Å². The molecular weight excluding hydrogens is 412 g/mol. The van der Waals surface area contributed by atoms with E-state index in [0.29, 0.717) is 29.7 Å². The van der Waals surface area contributed by atoms with Crippen LogP contribution in [0.1, 0.15) is 18.1 Å². The molecule has 3 rings (SSSR count). The normalized spacial score (nSPS) is 10.8. The molecule has 0 radical (unpaired) electrons. The Kier molecular flexibility index (Phi) is 7.69. The van der Waals surface area contributed by atoms with Gasteiger partial charge in [0.25, 0.3) is 5.91 Å². The van der Waals surface area contributed by atoms with Crippen LogP contribution in [-0.4, -0.2) is 12.5 Å². The Bertz CT molecular complexity index is 1080. The maximum atomic E-state index is 12.4. The van der Waals surface area contributed by atoms with Gasteiger partial charge in [0.2, 0.25) is 0 Å². The summed E-state index contributed by atoms with van der Waals surface area (Å²) in [5.41, 5.74) is 2.31. The highest BCUT2D eigenvalue weighted by atomic mass is 35.5. The van der Waals surface area contributed by atoms with Crippen molar-refractivity contribution in [2.45, 2.75) is 13.5 Å². The lowest BCUT2D eigenvalue weighted by Gasteiger charge is -2.08. The number of anilines is 1. The van der Waals surface area contributed by atoms with Gasteiger partial charge in [-0.05, 0) is 72.7 Å². The second-order valence-corrected chi connectivity index (χ2v) is 7.00. The Labute approximate surface area is 186 Å². The quantitative estimate of drug-likeness (QED) is 0.357. The molecule has 3 aromatic rings. The van der Waals surface area contributed by atoms with Crippen LogP contribution in [0.5, 0.6) is 11.5 Å². The summed E-state index contributed by atoms with van der Waals surface area (Å²) in [6.45, 7) is 2.89. The zero-order chi connectivity index (χ0) is 22.1. The summed E-state index contributed by atoms with van der Waals surface area (Å²) in [5, 5.41) is 12.8. The second kappa shape index (κ2) is 10.9. The molecule has 0 aliphatic rings. The molecule has 0 fully saturated rings. The topological polar surface area (TPSA) is 71.3 Å². The molecule has 1 amide bonds. The Morgan fingerprint density at radius 1 is 0.968 bits per heavy atom. The highest BCUT2D eigenvalue weighted by molar-refractivity contribution is 6.30. The predicted molar refractivity (Wildman–Crippen MR) is 122 cm³/mol. The van der Waals surface area contributed by atoms with Gasteiger partial charge in [-0.15, -0.1) is 0 Å². The maximum Gasteiger partial charge on any atom is 0.266 e. The van der Waals surface area contributed by atoms with Crippen LogP contribution < -0.4 is 14.8 Å². The number of carbonyl (C=O) groups is 1. The number of nitrogens with one attached hydrogen (secondary N) is 1. The fourth-order valence-electron chi connectivity index (χ4n) is 2.72. The molecule has 0 heterocycles. The highest BCUT2D eigenvalue weighted by Crippen LogP contribution is 2.19. The smallest absolute Gasteiger partial charge is 0.266 e. The Morgan fingerprint density at radius 2 is 1.58 bits per heavy atom. The number of carbonyl (C=O) groups excluding carboxylic acids is 1. The van der Waals surface area contributed by atoms with Crippen molar-refractivity contribution in [1.82, 2.24) is 0 Å². The summed E-state index contributed by atoms with van der Waals surface area (Å²) in [6.07, 6.45) is 1.53. The van der Waals surface area contributed by atoms with Crippen LogP contribution in [0.2, 0.25) is 5.02 Å². The van der Waals surface area contributed by atoms with Gasteiger partial charge in [-0.3, -0.25) is 4.79 Å². The summed E-state index contributed by atoms with van der Waals surface area (Å²) in [7, 11) is 0. The number of nitrogens with zero attached hydrogens (tertiary/aromatic N) is 1. The molecule has 5 nitrogen and oxygen atoms in total. The first kappa shape index (κ1) is 21.9. The summed E-state index contributed by atoms with van der Waals surface area (Å²) in [5.74, 6) is 0.925. The van der Waals surface area contributed by atoms with Crippen molar-refractivity contribution in [3.8, 4) is 17.6 Å². The van der Waals surface area contributed by atoms with E-state index < -0.39 is 5.91 Å². The standard InChI is InChI=1S/C25H21ClN2O3/c1-2-30-23-13-9-22(10-14-23)28-25(29)20(16-27)15-18-5-11-24(12-6-18)31-17-19-3-7-21(26)8-4-19/h3-15H,2,17H2,1H3,(H,28,29)/b20-15-. The number of amides is 1. The number of ether oxygens (including phenoxy) is 2. The predicted octanol–water partition coefficient (Wildman–Crippen LogP) is 5.86. The number of benzene rings is 3. The number of nitriles is 1. The van der Waals surface area contributed by atoms with Crippen molar-refractivity contribution in [3.63, 3.8) is 0 Å². The first-order chi connectivity index (χ1) is 15.1. The summed E-state index contributed by atoms with van der Waals surface area (Å²) >= 11 is 5.88. The van der Waals surface area contributed by atoms with Crippen molar-refractivity contribution in [2.24, 2.45) is 0 Å². The van der Waals surface area contributed by atoms with E-state index in [1.54, 1.807) is 48.5 Å². The fraction of sp³-hybridized carbons (Fsp3) is 0.120. The molecule has 0 aliphatic heterocycles.